The molecular formula is C14H14BrClO2S. The molecule has 0 spiro atoms. The molecule has 0 aliphatic rings. The fourth-order valence-electron chi connectivity index (χ4n) is 1.75. The van der Waals surface area contributed by atoms with Crippen LogP contribution in [-0.2, 0) is 0 Å². The molecule has 0 N–H and O–H groups in total. The zero-order chi connectivity index (χ0) is 14.0. The number of aryl methyl sites for hydroxylation is 1. The van der Waals surface area contributed by atoms with Crippen molar-refractivity contribution in [2.24, 2.45) is 0 Å². The first-order valence-corrected chi connectivity index (χ1v) is 7.79. The van der Waals surface area contributed by atoms with Gasteiger partial charge in [0.15, 0.2) is 0 Å². The van der Waals surface area contributed by atoms with Crippen molar-refractivity contribution < 1.29 is 9.47 Å². The van der Waals surface area contributed by atoms with Gasteiger partial charge in [-0.05, 0) is 36.2 Å². The van der Waals surface area contributed by atoms with Crippen LogP contribution in [0.5, 0.6) is 11.5 Å². The van der Waals surface area contributed by atoms with Gasteiger partial charge in [0, 0.05) is 10.9 Å². The maximum atomic E-state index is 6.13. The van der Waals surface area contributed by atoms with E-state index in [-0.39, 0.29) is 4.83 Å². The Morgan fingerprint density at radius 2 is 1.68 bits per heavy atom. The van der Waals surface area contributed by atoms with Gasteiger partial charge in [0.1, 0.15) is 11.5 Å². The first-order valence-electron chi connectivity index (χ1n) is 5.68. The van der Waals surface area contributed by atoms with Crippen LogP contribution in [-0.4, -0.2) is 14.2 Å². The van der Waals surface area contributed by atoms with Gasteiger partial charge in [-0.15, -0.1) is 11.3 Å². The molecular weight excluding hydrogens is 348 g/mol. The van der Waals surface area contributed by atoms with E-state index in [2.05, 4.69) is 22.0 Å². The third-order valence-electron chi connectivity index (χ3n) is 2.79. The molecule has 0 saturated heterocycles. The quantitative estimate of drug-likeness (QED) is 0.696. The predicted octanol–water partition coefficient (Wildman–Crippen LogP) is 5.21. The number of methoxy groups -OCH3 is 2. The largest absolute Gasteiger partial charge is 0.497 e. The van der Waals surface area contributed by atoms with Crippen molar-refractivity contribution in [1.82, 2.24) is 0 Å². The van der Waals surface area contributed by atoms with Gasteiger partial charge in [-0.25, -0.2) is 0 Å². The lowest BCUT2D eigenvalue weighted by molar-refractivity contribution is 0.393. The summed E-state index contributed by atoms with van der Waals surface area (Å²) in [6.45, 7) is 2.01. The van der Waals surface area contributed by atoms with Crippen LogP contribution >= 0.6 is 38.9 Å². The summed E-state index contributed by atoms with van der Waals surface area (Å²) in [5, 5.41) is 0. The van der Waals surface area contributed by atoms with Crippen molar-refractivity contribution in [3.8, 4) is 11.5 Å². The zero-order valence-corrected chi connectivity index (χ0v) is 14.0. The minimum atomic E-state index is 0.0766. The highest BCUT2D eigenvalue weighted by atomic mass is 79.9. The van der Waals surface area contributed by atoms with E-state index in [1.54, 1.807) is 25.6 Å². The van der Waals surface area contributed by atoms with Crippen LogP contribution in [0, 0.1) is 6.92 Å². The molecule has 0 aliphatic carbocycles. The van der Waals surface area contributed by atoms with E-state index >= 15 is 0 Å². The van der Waals surface area contributed by atoms with Gasteiger partial charge in [-0.1, -0.05) is 27.5 Å². The smallest absolute Gasteiger partial charge is 0.122 e. The van der Waals surface area contributed by atoms with Gasteiger partial charge in [-0.2, -0.15) is 0 Å². The molecule has 0 saturated carbocycles. The molecule has 0 aliphatic heterocycles. The van der Waals surface area contributed by atoms with Gasteiger partial charge in [0.25, 0.3) is 0 Å². The van der Waals surface area contributed by atoms with Crippen LogP contribution in [0.1, 0.15) is 20.8 Å². The zero-order valence-electron chi connectivity index (χ0n) is 10.9. The molecule has 5 heteroatoms. The molecule has 1 unspecified atom stereocenters. The standard InChI is InChI=1S/C14H14BrClO2S/c1-8-4-12(19-14(8)16)13(15)9-5-10(17-2)7-11(6-9)18-3/h4-7,13H,1-3H3. The lowest BCUT2D eigenvalue weighted by atomic mass is 10.1. The summed E-state index contributed by atoms with van der Waals surface area (Å²) in [5.74, 6) is 1.55. The Labute approximate surface area is 130 Å². The third kappa shape index (κ3) is 3.25. The molecule has 2 nitrogen and oxygen atoms in total. The van der Waals surface area contributed by atoms with Crippen LogP contribution in [0.15, 0.2) is 24.3 Å². The molecule has 0 bridgehead atoms. The fraction of sp³-hybridized carbons (Fsp3) is 0.286. The molecule has 19 heavy (non-hydrogen) atoms. The molecule has 1 atom stereocenters. The number of thiophene rings is 1. The van der Waals surface area contributed by atoms with Crippen molar-refractivity contribution in [2.45, 2.75) is 11.8 Å². The molecule has 102 valence electrons. The molecule has 2 aromatic rings. The van der Waals surface area contributed by atoms with Gasteiger partial charge < -0.3 is 9.47 Å². The van der Waals surface area contributed by atoms with E-state index < -0.39 is 0 Å². The lowest BCUT2D eigenvalue weighted by Gasteiger charge is -2.12. The first kappa shape index (κ1) is 14.7. The molecule has 0 amide bonds. The molecule has 2 rings (SSSR count). The average Bonchev–Trinajstić information content (AvgIpc) is 2.77. The Hall–Kier alpha value is -0.710. The van der Waals surface area contributed by atoms with Gasteiger partial charge in [0.2, 0.25) is 0 Å². The normalized spacial score (nSPS) is 12.3. The van der Waals surface area contributed by atoms with Crippen molar-refractivity contribution in [3.63, 3.8) is 0 Å². The van der Waals surface area contributed by atoms with E-state index in [1.807, 2.05) is 25.1 Å². The van der Waals surface area contributed by atoms with Crippen molar-refractivity contribution in [1.29, 1.82) is 0 Å². The second-order valence-corrected chi connectivity index (χ2v) is 6.72. The molecule has 1 heterocycles. The number of alkyl halides is 1. The number of rotatable bonds is 4. The van der Waals surface area contributed by atoms with Gasteiger partial charge >= 0.3 is 0 Å². The third-order valence-corrected chi connectivity index (χ3v) is 5.74. The molecule has 0 radical (unpaired) electrons. The van der Waals surface area contributed by atoms with E-state index in [0.29, 0.717) is 0 Å². The summed E-state index contributed by atoms with van der Waals surface area (Å²) < 4.78 is 11.4. The Morgan fingerprint density at radius 1 is 1.11 bits per heavy atom. The van der Waals surface area contributed by atoms with E-state index in [9.17, 15) is 0 Å². The molecule has 1 aromatic heterocycles. The second kappa shape index (κ2) is 6.16. The summed E-state index contributed by atoms with van der Waals surface area (Å²) in [6.07, 6.45) is 0. The monoisotopic (exact) mass is 360 g/mol. The Bertz CT molecular complexity index is 541. The van der Waals surface area contributed by atoms with Crippen LogP contribution in [0.3, 0.4) is 0 Å². The molecule has 1 aromatic carbocycles. The maximum Gasteiger partial charge on any atom is 0.122 e. The van der Waals surface area contributed by atoms with Gasteiger partial charge in [0.05, 0.1) is 23.4 Å². The van der Waals surface area contributed by atoms with Crippen LogP contribution in [0.25, 0.3) is 0 Å². The number of ether oxygens (including phenoxy) is 2. The minimum absolute atomic E-state index is 0.0766. The number of benzene rings is 1. The maximum absolute atomic E-state index is 6.13. The SMILES string of the molecule is COc1cc(OC)cc(C(Br)c2cc(C)c(Cl)s2)c1. The summed E-state index contributed by atoms with van der Waals surface area (Å²) in [7, 11) is 3.29. The highest BCUT2D eigenvalue weighted by Crippen LogP contribution is 2.40. The van der Waals surface area contributed by atoms with Crippen molar-refractivity contribution >= 4 is 38.9 Å². The number of hydrogen-bond donors (Lipinski definition) is 0. The number of hydrogen-bond acceptors (Lipinski definition) is 3. The van der Waals surface area contributed by atoms with Crippen LogP contribution < -0.4 is 9.47 Å². The number of halogens is 2. The summed E-state index contributed by atoms with van der Waals surface area (Å²) in [4.78, 5) is 1.24. The molecule has 0 fully saturated rings. The first-order chi connectivity index (χ1) is 9.05. The second-order valence-electron chi connectivity index (χ2n) is 4.11. The summed E-state index contributed by atoms with van der Waals surface area (Å²) >= 11 is 11.4. The Balaban J connectivity index is 2.39. The van der Waals surface area contributed by atoms with E-state index in [1.165, 1.54) is 0 Å². The highest BCUT2D eigenvalue weighted by Gasteiger charge is 2.16. The minimum Gasteiger partial charge on any atom is -0.497 e. The van der Waals surface area contributed by atoms with Crippen LogP contribution in [0.2, 0.25) is 4.34 Å². The highest BCUT2D eigenvalue weighted by molar-refractivity contribution is 9.09. The van der Waals surface area contributed by atoms with Crippen molar-refractivity contribution in [3.05, 3.63) is 44.6 Å². The lowest BCUT2D eigenvalue weighted by Crippen LogP contribution is -1.94. The summed E-state index contributed by atoms with van der Waals surface area (Å²) in [6, 6.07) is 7.93. The topological polar surface area (TPSA) is 18.5 Å². The van der Waals surface area contributed by atoms with Gasteiger partial charge in [-0.3, -0.25) is 0 Å². The Kier molecular flexibility index (Phi) is 4.76. The summed E-state index contributed by atoms with van der Waals surface area (Å²) in [5.41, 5.74) is 2.18. The predicted molar refractivity (Wildman–Crippen MR) is 84.4 cm³/mol. The van der Waals surface area contributed by atoms with E-state index in [4.69, 9.17) is 21.1 Å². The fourth-order valence-corrected chi connectivity index (χ4v) is 3.65. The average molecular weight is 362 g/mol. The van der Waals surface area contributed by atoms with Crippen molar-refractivity contribution in [2.75, 3.05) is 14.2 Å². The van der Waals surface area contributed by atoms with Crippen LogP contribution in [0.4, 0.5) is 0 Å². The Morgan fingerprint density at radius 3 is 2.11 bits per heavy atom. The van der Waals surface area contributed by atoms with E-state index in [0.717, 1.165) is 31.8 Å².